The molecule has 0 bridgehead atoms. The lowest BCUT2D eigenvalue weighted by Crippen LogP contribution is -1.98. The number of benzene rings is 2. The molecular weight excluding hydrogens is 206 g/mol. The van der Waals surface area contributed by atoms with Crippen molar-refractivity contribution in [2.24, 2.45) is 4.99 Å². The maximum Gasteiger partial charge on any atom is 0.0395 e. The van der Waals surface area contributed by atoms with Crippen LogP contribution in [0, 0.1) is 0 Å². The van der Waals surface area contributed by atoms with Gasteiger partial charge in [0.1, 0.15) is 0 Å². The third-order valence-corrected chi connectivity index (χ3v) is 2.80. The highest BCUT2D eigenvalue weighted by atomic mass is 14.7. The van der Waals surface area contributed by atoms with Crippen LogP contribution >= 0.6 is 0 Å². The lowest BCUT2D eigenvalue weighted by Gasteiger charge is -2.09. The van der Waals surface area contributed by atoms with Crippen molar-refractivity contribution in [1.82, 2.24) is 0 Å². The Hall–Kier alpha value is -1.89. The average molecular weight is 223 g/mol. The van der Waals surface area contributed by atoms with E-state index in [4.69, 9.17) is 0 Å². The molecule has 0 fully saturated rings. The second-order valence-electron chi connectivity index (χ2n) is 3.97. The van der Waals surface area contributed by atoms with E-state index in [1.54, 1.807) is 0 Å². The Morgan fingerprint density at radius 3 is 2.29 bits per heavy atom. The van der Waals surface area contributed by atoms with Gasteiger partial charge in [0.25, 0.3) is 0 Å². The van der Waals surface area contributed by atoms with Crippen LogP contribution in [0.15, 0.2) is 59.6 Å². The van der Waals surface area contributed by atoms with Crippen LogP contribution in [-0.2, 0) is 0 Å². The van der Waals surface area contributed by atoms with E-state index in [-0.39, 0.29) is 0 Å². The molecule has 0 unspecified atom stereocenters. The van der Waals surface area contributed by atoms with E-state index in [9.17, 15) is 0 Å². The molecule has 1 heteroatoms. The molecule has 0 aliphatic carbocycles. The van der Waals surface area contributed by atoms with Gasteiger partial charge in [0.05, 0.1) is 0 Å². The number of nitrogens with zero attached hydrogens (tertiary/aromatic N) is 1. The van der Waals surface area contributed by atoms with Crippen LogP contribution in [0.1, 0.15) is 19.4 Å². The van der Waals surface area contributed by atoms with Gasteiger partial charge >= 0.3 is 0 Å². The third kappa shape index (κ3) is 2.62. The molecule has 0 saturated carbocycles. The quantitative estimate of drug-likeness (QED) is 0.692. The SMILES string of the molecule is CCN=C(C)c1ccccc1-c1ccccc1. The molecule has 2 rings (SSSR count). The van der Waals surface area contributed by atoms with Crippen LogP contribution in [0.5, 0.6) is 0 Å². The molecule has 0 aromatic heterocycles. The zero-order chi connectivity index (χ0) is 12.1. The standard InChI is InChI=1S/C16H17N/c1-3-17-13(2)15-11-7-8-12-16(15)14-9-5-4-6-10-14/h4-12H,3H2,1-2H3. The lowest BCUT2D eigenvalue weighted by atomic mass is 9.97. The smallest absolute Gasteiger partial charge is 0.0395 e. The lowest BCUT2D eigenvalue weighted by molar-refractivity contribution is 1.13. The van der Waals surface area contributed by atoms with Crippen LogP contribution in [0.3, 0.4) is 0 Å². The van der Waals surface area contributed by atoms with Crippen molar-refractivity contribution in [3.05, 3.63) is 60.2 Å². The monoisotopic (exact) mass is 223 g/mol. The zero-order valence-corrected chi connectivity index (χ0v) is 10.4. The summed E-state index contributed by atoms with van der Waals surface area (Å²) in [4.78, 5) is 4.50. The van der Waals surface area contributed by atoms with Crippen LogP contribution in [0.25, 0.3) is 11.1 Å². The predicted octanol–water partition coefficient (Wildman–Crippen LogP) is 4.18. The predicted molar refractivity (Wildman–Crippen MR) is 74.6 cm³/mol. The highest BCUT2D eigenvalue weighted by Gasteiger charge is 2.05. The van der Waals surface area contributed by atoms with Gasteiger partial charge in [-0.15, -0.1) is 0 Å². The minimum atomic E-state index is 0.828. The zero-order valence-electron chi connectivity index (χ0n) is 10.4. The number of aliphatic imine (C=N–C) groups is 1. The van der Waals surface area contributed by atoms with Crippen molar-refractivity contribution >= 4 is 5.71 Å². The van der Waals surface area contributed by atoms with Gasteiger partial charge in [-0.3, -0.25) is 4.99 Å². The molecule has 2 aromatic rings. The summed E-state index contributed by atoms with van der Waals surface area (Å²) in [6.07, 6.45) is 0. The topological polar surface area (TPSA) is 12.4 Å². The third-order valence-electron chi connectivity index (χ3n) is 2.80. The van der Waals surface area contributed by atoms with Gasteiger partial charge in [0.15, 0.2) is 0 Å². The van der Waals surface area contributed by atoms with Crippen LogP contribution < -0.4 is 0 Å². The number of hydrogen-bond donors (Lipinski definition) is 0. The van der Waals surface area contributed by atoms with Crippen molar-refractivity contribution in [1.29, 1.82) is 0 Å². The van der Waals surface area contributed by atoms with E-state index < -0.39 is 0 Å². The van der Waals surface area contributed by atoms with E-state index in [1.807, 2.05) is 6.07 Å². The molecule has 0 radical (unpaired) electrons. The summed E-state index contributed by atoms with van der Waals surface area (Å²) in [5.74, 6) is 0. The highest BCUT2D eigenvalue weighted by Crippen LogP contribution is 2.23. The summed E-state index contributed by atoms with van der Waals surface area (Å²) in [5, 5.41) is 0. The average Bonchev–Trinajstić information content (AvgIpc) is 2.40. The summed E-state index contributed by atoms with van der Waals surface area (Å²) in [6.45, 7) is 4.97. The fourth-order valence-electron chi connectivity index (χ4n) is 1.99. The van der Waals surface area contributed by atoms with Crippen molar-refractivity contribution < 1.29 is 0 Å². The van der Waals surface area contributed by atoms with E-state index in [1.165, 1.54) is 16.7 Å². The van der Waals surface area contributed by atoms with Gasteiger partial charge in [0, 0.05) is 17.8 Å². The second kappa shape index (κ2) is 5.44. The Balaban J connectivity index is 2.52. The second-order valence-corrected chi connectivity index (χ2v) is 3.97. The van der Waals surface area contributed by atoms with Crippen molar-refractivity contribution in [3.63, 3.8) is 0 Å². The molecule has 0 atom stereocenters. The molecular formula is C16H17N. The van der Waals surface area contributed by atoms with Gasteiger partial charge < -0.3 is 0 Å². The Bertz CT molecular complexity index is 512. The number of hydrogen-bond acceptors (Lipinski definition) is 1. The summed E-state index contributed by atoms with van der Waals surface area (Å²) in [6, 6.07) is 18.9. The first-order valence-electron chi connectivity index (χ1n) is 5.98. The molecule has 0 saturated heterocycles. The van der Waals surface area contributed by atoms with Crippen molar-refractivity contribution in [3.8, 4) is 11.1 Å². The molecule has 0 amide bonds. The molecule has 0 N–H and O–H groups in total. The highest BCUT2D eigenvalue weighted by molar-refractivity contribution is 6.04. The summed E-state index contributed by atoms with van der Waals surface area (Å²) in [5.41, 5.74) is 4.82. The molecule has 86 valence electrons. The van der Waals surface area contributed by atoms with Crippen molar-refractivity contribution in [2.75, 3.05) is 6.54 Å². The Labute approximate surface area is 103 Å². The summed E-state index contributed by atoms with van der Waals surface area (Å²) in [7, 11) is 0. The summed E-state index contributed by atoms with van der Waals surface area (Å²) < 4.78 is 0. The molecule has 0 spiro atoms. The number of rotatable bonds is 3. The van der Waals surface area contributed by atoms with Gasteiger partial charge in [-0.1, -0.05) is 54.6 Å². The minimum absolute atomic E-state index is 0.828. The Morgan fingerprint density at radius 2 is 1.59 bits per heavy atom. The molecule has 0 aliphatic rings. The maximum absolute atomic E-state index is 4.50. The molecule has 2 aromatic carbocycles. The first-order chi connectivity index (χ1) is 8.33. The van der Waals surface area contributed by atoms with Gasteiger partial charge in [-0.2, -0.15) is 0 Å². The Kier molecular flexibility index (Phi) is 3.71. The fourth-order valence-corrected chi connectivity index (χ4v) is 1.99. The first-order valence-corrected chi connectivity index (χ1v) is 5.98. The van der Waals surface area contributed by atoms with Gasteiger partial charge in [0.2, 0.25) is 0 Å². The van der Waals surface area contributed by atoms with Gasteiger partial charge in [-0.05, 0) is 25.0 Å². The van der Waals surface area contributed by atoms with Crippen LogP contribution in [0.2, 0.25) is 0 Å². The first kappa shape index (κ1) is 11.6. The summed E-state index contributed by atoms with van der Waals surface area (Å²) >= 11 is 0. The Morgan fingerprint density at radius 1 is 0.941 bits per heavy atom. The van der Waals surface area contributed by atoms with E-state index in [2.05, 4.69) is 67.4 Å². The van der Waals surface area contributed by atoms with Crippen LogP contribution in [-0.4, -0.2) is 12.3 Å². The van der Waals surface area contributed by atoms with Gasteiger partial charge in [-0.25, -0.2) is 0 Å². The van der Waals surface area contributed by atoms with Crippen LogP contribution in [0.4, 0.5) is 0 Å². The molecule has 0 aliphatic heterocycles. The fraction of sp³-hybridized carbons (Fsp3) is 0.188. The largest absolute Gasteiger partial charge is 0.290 e. The molecule has 0 heterocycles. The van der Waals surface area contributed by atoms with Crippen molar-refractivity contribution in [2.45, 2.75) is 13.8 Å². The maximum atomic E-state index is 4.50. The van der Waals surface area contributed by atoms with E-state index >= 15 is 0 Å². The van der Waals surface area contributed by atoms with E-state index in [0.29, 0.717) is 0 Å². The molecule has 1 nitrogen and oxygen atoms in total. The van der Waals surface area contributed by atoms with E-state index in [0.717, 1.165) is 12.3 Å². The molecule has 17 heavy (non-hydrogen) atoms. The minimum Gasteiger partial charge on any atom is -0.290 e. The normalized spacial score (nSPS) is 11.5.